The molecule has 1 aromatic rings. The highest BCUT2D eigenvalue weighted by Crippen LogP contribution is 2.22. The number of H-pyrrole nitrogens is 1. The molecule has 0 aliphatic heterocycles. The van der Waals surface area contributed by atoms with Crippen molar-refractivity contribution >= 4 is 0 Å². The van der Waals surface area contributed by atoms with Gasteiger partial charge in [0.15, 0.2) is 0 Å². The molecule has 29 heavy (non-hydrogen) atoms. The van der Waals surface area contributed by atoms with E-state index in [2.05, 4.69) is 23.8 Å². The average Bonchev–Trinajstić information content (AvgIpc) is 3.24. The van der Waals surface area contributed by atoms with Gasteiger partial charge in [-0.1, -0.05) is 142 Å². The van der Waals surface area contributed by atoms with E-state index in [4.69, 9.17) is 0 Å². The summed E-state index contributed by atoms with van der Waals surface area (Å²) >= 11 is 0. The second-order valence-corrected chi connectivity index (χ2v) is 9.38. The fourth-order valence-corrected chi connectivity index (χ4v) is 4.54. The average molecular weight is 405 g/mol. The number of unbranched alkanes of at least 4 members (excludes halogenated alkanes) is 16. The van der Waals surface area contributed by atoms with Crippen LogP contribution in [0.4, 0.5) is 0 Å². The van der Waals surface area contributed by atoms with Crippen molar-refractivity contribution < 1.29 is 0 Å². The smallest absolute Gasteiger partial charge is 0.0921 e. The number of imidazole rings is 1. The molecule has 0 saturated carbocycles. The van der Waals surface area contributed by atoms with Crippen molar-refractivity contribution in [2.75, 3.05) is 0 Å². The predicted molar refractivity (Wildman–Crippen MR) is 129 cm³/mol. The molecule has 0 aromatic carbocycles. The van der Waals surface area contributed by atoms with Crippen LogP contribution < -0.4 is 0 Å². The summed E-state index contributed by atoms with van der Waals surface area (Å²) in [7, 11) is 0. The SMILES string of the molecule is CCCCCCCCCCCCC(CCCCCCCCCC)Cc1cnc[nH]1. The van der Waals surface area contributed by atoms with Crippen LogP contribution in [0, 0.1) is 5.92 Å². The topological polar surface area (TPSA) is 28.7 Å². The van der Waals surface area contributed by atoms with E-state index >= 15 is 0 Å². The van der Waals surface area contributed by atoms with E-state index in [9.17, 15) is 0 Å². The van der Waals surface area contributed by atoms with E-state index < -0.39 is 0 Å². The third-order valence-corrected chi connectivity index (χ3v) is 6.50. The lowest BCUT2D eigenvalue weighted by Crippen LogP contribution is -2.05. The minimum absolute atomic E-state index is 0.851. The minimum atomic E-state index is 0.851. The zero-order valence-corrected chi connectivity index (χ0v) is 20.0. The zero-order chi connectivity index (χ0) is 20.8. The van der Waals surface area contributed by atoms with Gasteiger partial charge in [0.2, 0.25) is 0 Å². The zero-order valence-electron chi connectivity index (χ0n) is 20.0. The second kappa shape index (κ2) is 20.5. The lowest BCUT2D eigenvalue weighted by atomic mass is 9.90. The Balaban J connectivity index is 2.07. The monoisotopic (exact) mass is 404 g/mol. The van der Waals surface area contributed by atoms with Crippen LogP contribution in [0.15, 0.2) is 12.5 Å². The summed E-state index contributed by atoms with van der Waals surface area (Å²) in [5.41, 5.74) is 1.33. The molecule has 0 saturated heterocycles. The highest BCUT2D eigenvalue weighted by atomic mass is 14.9. The van der Waals surface area contributed by atoms with E-state index in [0.717, 1.165) is 5.92 Å². The van der Waals surface area contributed by atoms with Gasteiger partial charge in [-0.05, 0) is 12.3 Å². The first kappa shape index (κ1) is 26.2. The van der Waals surface area contributed by atoms with E-state index in [1.54, 1.807) is 0 Å². The van der Waals surface area contributed by atoms with Crippen molar-refractivity contribution in [2.45, 2.75) is 149 Å². The van der Waals surface area contributed by atoms with Crippen LogP contribution in [0.1, 0.15) is 148 Å². The highest BCUT2D eigenvalue weighted by Gasteiger charge is 2.10. The van der Waals surface area contributed by atoms with E-state index in [1.807, 2.05) is 12.5 Å². The van der Waals surface area contributed by atoms with Crippen LogP contribution in [-0.4, -0.2) is 9.97 Å². The summed E-state index contributed by atoms with van der Waals surface area (Å²) in [5.74, 6) is 0.851. The van der Waals surface area contributed by atoms with Gasteiger partial charge in [0.05, 0.1) is 6.33 Å². The van der Waals surface area contributed by atoms with Crippen molar-refractivity contribution in [2.24, 2.45) is 5.92 Å². The molecule has 0 fully saturated rings. The largest absolute Gasteiger partial charge is 0.348 e. The Bertz CT molecular complexity index is 412. The number of aromatic nitrogens is 2. The van der Waals surface area contributed by atoms with E-state index in [1.165, 1.54) is 141 Å². The maximum absolute atomic E-state index is 4.22. The van der Waals surface area contributed by atoms with Gasteiger partial charge in [0, 0.05) is 11.9 Å². The van der Waals surface area contributed by atoms with Crippen LogP contribution in [0.3, 0.4) is 0 Å². The normalized spacial score (nSPS) is 12.5. The Morgan fingerprint density at radius 2 is 1.03 bits per heavy atom. The Hall–Kier alpha value is -0.790. The van der Waals surface area contributed by atoms with Gasteiger partial charge in [-0.2, -0.15) is 0 Å². The Morgan fingerprint density at radius 1 is 0.621 bits per heavy atom. The van der Waals surface area contributed by atoms with Gasteiger partial charge in [0.1, 0.15) is 0 Å². The van der Waals surface area contributed by atoms with Crippen molar-refractivity contribution in [3.8, 4) is 0 Å². The van der Waals surface area contributed by atoms with Crippen molar-refractivity contribution in [1.82, 2.24) is 9.97 Å². The summed E-state index contributed by atoms with van der Waals surface area (Å²) in [6.45, 7) is 4.60. The molecule has 2 nitrogen and oxygen atoms in total. The first-order chi connectivity index (χ1) is 14.4. The van der Waals surface area contributed by atoms with Crippen LogP contribution >= 0.6 is 0 Å². The van der Waals surface area contributed by atoms with Gasteiger partial charge >= 0.3 is 0 Å². The molecule has 1 aromatic heterocycles. The molecule has 2 heteroatoms. The molecule has 0 aliphatic carbocycles. The molecule has 1 N–H and O–H groups in total. The van der Waals surface area contributed by atoms with Crippen molar-refractivity contribution in [1.29, 1.82) is 0 Å². The first-order valence-corrected chi connectivity index (χ1v) is 13.3. The van der Waals surface area contributed by atoms with E-state index in [-0.39, 0.29) is 0 Å². The van der Waals surface area contributed by atoms with Crippen LogP contribution in [-0.2, 0) is 6.42 Å². The lowest BCUT2D eigenvalue weighted by molar-refractivity contribution is 0.397. The van der Waals surface area contributed by atoms with Crippen LogP contribution in [0.25, 0.3) is 0 Å². The molecule has 1 rings (SSSR count). The fourth-order valence-electron chi connectivity index (χ4n) is 4.54. The van der Waals surface area contributed by atoms with Crippen LogP contribution in [0.2, 0.25) is 0 Å². The number of nitrogens with zero attached hydrogens (tertiary/aromatic N) is 1. The second-order valence-electron chi connectivity index (χ2n) is 9.38. The number of rotatable bonds is 22. The summed E-state index contributed by atoms with van der Waals surface area (Å²) in [6.07, 6.45) is 33.7. The summed E-state index contributed by atoms with van der Waals surface area (Å²) in [4.78, 5) is 7.55. The summed E-state index contributed by atoms with van der Waals surface area (Å²) in [5, 5.41) is 0. The number of hydrogen-bond donors (Lipinski definition) is 1. The molecule has 0 spiro atoms. The molecule has 0 bridgehead atoms. The number of nitrogens with one attached hydrogen (secondary N) is 1. The van der Waals surface area contributed by atoms with Crippen molar-refractivity contribution in [3.05, 3.63) is 18.2 Å². The Morgan fingerprint density at radius 3 is 1.41 bits per heavy atom. The molecule has 1 unspecified atom stereocenters. The third kappa shape index (κ3) is 16.7. The van der Waals surface area contributed by atoms with Gasteiger partial charge < -0.3 is 4.98 Å². The molecule has 0 amide bonds. The Kier molecular flexibility index (Phi) is 18.5. The molecular weight excluding hydrogens is 352 g/mol. The van der Waals surface area contributed by atoms with Gasteiger partial charge in [-0.15, -0.1) is 0 Å². The van der Waals surface area contributed by atoms with Crippen molar-refractivity contribution in [3.63, 3.8) is 0 Å². The molecule has 0 radical (unpaired) electrons. The van der Waals surface area contributed by atoms with E-state index in [0.29, 0.717) is 0 Å². The molecule has 170 valence electrons. The quantitative estimate of drug-likeness (QED) is 0.191. The highest BCUT2D eigenvalue weighted by molar-refractivity contribution is 4.95. The predicted octanol–water partition coefficient (Wildman–Crippen LogP) is 9.41. The van der Waals surface area contributed by atoms with Gasteiger partial charge in [0.25, 0.3) is 0 Å². The first-order valence-electron chi connectivity index (χ1n) is 13.3. The number of aromatic amines is 1. The molecule has 0 aliphatic rings. The van der Waals surface area contributed by atoms with Gasteiger partial charge in [-0.25, -0.2) is 4.98 Å². The maximum atomic E-state index is 4.22. The lowest BCUT2D eigenvalue weighted by Gasteiger charge is -2.16. The molecule has 1 heterocycles. The standard InChI is InChI=1S/C27H52N2/c1-3-5-7-9-11-13-14-16-18-20-22-26(23-27-24-28-25-29-27)21-19-17-15-12-10-8-6-4-2/h24-26H,3-23H2,1-2H3,(H,28,29). The van der Waals surface area contributed by atoms with Gasteiger partial charge in [-0.3, -0.25) is 0 Å². The third-order valence-electron chi connectivity index (χ3n) is 6.50. The number of hydrogen-bond acceptors (Lipinski definition) is 1. The molecular formula is C27H52N2. The Labute approximate surface area is 183 Å². The molecule has 1 atom stereocenters. The summed E-state index contributed by atoms with van der Waals surface area (Å²) < 4.78 is 0. The van der Waals surface area contributed by atoms with Crippen LogP contribution in [0.5, 0.6) is 0 Å². The maximum Gasteiger partial charge on any atom is 0.0921 e. The fraction of sp³-hybridized carbons (Fsp3) is 0.889. The minimum Gasteiger partial charge on any atom is -0.348 e. The summed E-state index contributed by atoms with van der Waals surface area (Å²) in [6, 6.07) is 0.